The molecular formula is C18H26O. The summed E-state index contributed by atoms with van der Waals surface area (Å²) in [6.07, 6.45) is 9.31. The van der Waals surface area contributed by atoms with Crippen molar-refractivity contribution in [2.24, 2.45) is 5.92 Å². The summed E-state index contributed by atoms with van der Waals surface area (Å²) >= 11 is 0. The van der Waals surface area contributed by atoms with Crippen LogP contribution in [0.5, 0.6) is 0 Å². The summed E-state index contributed by atoms with van der Waals surface area (Å²) < 4.78 is 0. The van der Waals surface area contributed by atoms with Gasteiger partial charge in [0.2, 0.25) is 0 Å². The summed E-state index contributed by atoms with van der Waals surface area (Å²) in [6, 6.07) is 6.28. The molecule has 1 saturated carbocycles. The highest BCUT2D eigenvalue weighted by Crippen LogP contribution is 2.29. The van der Waals surface area contributed by atoms with E-state index in [1.54, 1.807) is 0 Å². The second kappa shape index (κ2) is 6.88. The summed E-state index contributed by atoms with van der Waals surface area (Å²) in [5, 5.41) is 0. The number of aryl methyl sites for hydroxylation is 2. The Bertz CT molecular complexity index is 427. The fraction of sp³-hybridized carbons (Fsp3) is 0.611. The molecule has 1 aromatic carbocycles. The van der Waals surface area contributed by atoms with Crippen molar-refractivity contribution < 1.29 is 4.79 Å². The molecule has 0 atom stereocenters. The minimum atomic E-state index is 0.337. The number of ketones is 1. The molecule has 0 amide bonds. The lowest BCUT2D eigenvalue weighted by Gasteiger charge is -2.10. The number of benzene rings is 1. The van der Waals surface area contributed by atoms with Gasteiger partial charge in [-0.05, 0) is 42.4 Å². The molecule has 0 unspecified atom stereocenters. The van der Waals surface area contributed by atoms with E-state index in [9.17, 15) is 4.79 Å². The van der Waals surface area contributed by atoms with Crippen LogP contribution < -0.4 is 0 Å². The molecule has 19 heavy (non-hydrogen) atoms. The van der Waals surface area contributed by atoms with Gasteiger partial charge >= 0.3 is 0 Å². The minimum Gasteiger partial charge on any atom is -0.294 e. The second-order valence-electron chi connectivity index (χ2n) is 5.80. The average Bonchev–Trinajstić information content (AvgIpc) is 2.97. The van der Waals surface area contributed by atoms with Crippen LogP contribution in [0.15, 0.2) is 18.2 Å². The molecule has 104 valence electrons. The number of hydrogen-bond acceptors (Lipinski definition) is 1. The molecule has 1 aliphatic rings. The molecule has 1 aliphatic carbocycles. The first-order valence-corrected chi connectivity index (χ1v) is 7.89. The number of rotatable bonds is 6. The van der Waals surface area contributed by atoms with Crippen LogP contribution in [0.3, 0.4) is 0 Å². The Hall–Kier alpha value is -1.11. The number of hydrogen-bond donors (Lipinski definition) is 0. The van der Waals surface area contributed by atoms with Gasteiger partial charge in [0.05, 0.1) is 0 Å². The van der Waals surface area contributed by atoms with E-state index in [1.165, 1.54) is 36.8 Å². The third-order valence-corrected chi connectivity index (χ3v) is 4.54. The molecule has 1 aromatic rings. The maximum atomic E-state index is 12.3. The highest BCUT2D eigenvalue weighted by Gasteiger charge is 2.17. The maximum absolute atomic E-state index is 12.3. The highest BCUT2D eigenvalue weighted by atomic mass is 16.1. The van der Waals surface area contributed by atoms with E-state index in [1.807, 2.05) is 6.07 Å². The smallest absolute Gasteiger partial charge is 0.162 e. The summed E-state index contributed by atoms with van der Waals surface area (Å²) in [5.74, 6) is 1.15. The molecule has 2 rings (SSSR count). The van der Waals surface area contributed by atoms with E-state index in [4.69, 9.17) is 0 Å². The lowest BCUT2D eigenvalue weighted by molar-refractivity contribution is 0.0974. The van der Waals surface area contributed by atoms with E-state index < -0.39 is 0 Å². The van der Waals surface area contributed by atoms with Gasteiger partial charge in [-0.3, -0.25) is 4.79 Å². The molecular weight excluding hydrogens is 232 g/mol. The Kier molecular flexibility index (Phi) is 5.18. The van der Waals surface area contributed by atoms with E-state index >= 15 is 0 Å². The molecule has 0 bridgehead atoms. The Balaban J connectivity index is 1.98. The fourth-order valence-corrected chi connectivity index (χ4v) is 3.25. The van der Waals surface area contributed by atoms with Crippen molar-refractivity contribution >= 4 is 5.78 Å². The molecule has 0 spiro atoms. The Morgan fingerprint density at radius 1 is 1.11 bits per heavy atom. The van der Waals surface area contributed by atoms with E-state index in [0.29, 0.717) is 5.78 Å². The molecule has 0 saturated heterocycles. The normalized spacial score (nSPS) is 15.9. The molecule has 1 fully saturated rings. The van der Waals surface area contributed by atoms with Gasteiger partial charge in [-0.15, -0.1) is 0 Å². The molecule has 0 aliphatic heterocycles. The van der Waals surface area contributed by atoms with Gasteiger partial charge in [-0.1, -0.05) is 51.7 Å². The van der Waals surface area contributed by atoms with Crippen molar-refractivity contribution in [1.82, 2.24) is 0 Å². The maximum Gasteiger partial charge on any atom is 0.162 e. The predicted octanol–water partition coefficient (Wildman–Crippen LogP) is 4.96. The summed E-state index contributed by atoms with van der Waals surface area (Å²) in [6.45, 7) is 4.34. The van der Waals surface area contributed by atoms with Crippen molar-refractivity contribution in [3.05, 3.63) is 34.9 Å². The summed E-state index contributed by atoms with van der Waals surface area (Å²) in [5.41, 5.74) is 3.65. The van der Waals surface area contributed by atoms with Crippen LogP contribution in [0, 0.1) is 5.92 Å². The summed E-state index contributed by atoms with van der Waals surface area (Å²) in [7, 11) is 0. The summed E-state index contributed by atoms with van der Waals surface area (Å²) in [4.78, 5) is 12.3. The Morgan fingerprint density at radius 3 is 2.42 bits per heavy atom. The molecule has 0 aromatic heterocycles. The first-order chi connectivity index (χ1) is 9.24. The van der Waals surface area contributed by atoms with Crippen molar-refractivity contribution in [1.29, 1.82) is 0 Å². The second-order valence-corrected chi connectivity index (χ2v) is 5.80. The minimum absolute atomic E-state index is 0.337. The van der Waals surface area contributed by atoms with Gasteiger partial charge in [0, 0.05) is 12.0 Å². The third-order valence-electron chi connectivity index (χ3n) is 4.54. The van der Waals surface area contributed by atoms with E-state index in [2.05, 4.69) is 26.0 Å². The van der Waals surface area contributed by atoms with Gasteiger partial charge in [-0.25, -0.2) is 0 Å². The molecule has 0 N–H and O–H groups in total. The van der Waals surface area contributed by atoms with Gasteiger partial charge < -0.3 is 0 Å². The number of carbonyl (C=O) groups is 1. The van der Waals surface area contributed by atoms with Crippen LogP contribution >= 0.6 is 0 Å². The standard InChI is InChI=1S/C18H26O/c1-3-15-10-11-17(13-16(15)4-2)18(19)12-9-14-7-5-6-8-14/h10-11,13-14H,3-9,12H2,1-2H3. The van der Waals surface area contributed by atoms with Gasteiger partial charge in [-0.2, -0.15) is 0 Å². The number of carbonyl (C=O) groups excluding carboxylic acids is 1. The molecule has 0 heterocycles. The zero-order valence-corrected chi connectivity index (χ0v) is 12.4. The largest absolute Gasteiger partial charge is 0.294 e. The van der Waals surface area contributed by atoms with Crippen LogP contribution in [0.2, 0.25) is 0 Å². The van der Waals surface area contributed by atoms with Crippen molar-refractivity contribution in [2.45, 2.75) is 65.2 Å². The molecule has 1 nitrogen and oxygen atoms in total. The monoisotopic (exact) mass is 258 g/mol. The molecule has 0 radical (unpaired) electrons. The first kappa shape index (κ1) is 14.3. The average molecular weight is 258 g/mol. The van der Waals surface area contributed by atoms with Crippen LogP contribution in [-0.4, -0.2) is 5.78 Å². The third kappa shape index (κ3) is 3.68. The lowest BCUT2D eigenvalue weighted by Crippen LogP contribution is -2.04. The predicted molar refractivity (Wildman–Crippen MR) is 80.7 cm³/mol. The van der Waals surface area contributed by atoms with Gasteiger partial charge in [0.15, 0.2) is 5.78 Å². The Morgan fingerprint density at radius 2 is 1.79 bits per heavy atom. The molecule has 1 heteroatoms. The van der Waals surface area contributed by atoms with Crippen LogP contribution in [0.1, 0.15) is 73.9 Å². The lowest BCUT2D eigenvalue weighted by atomic mass is 9.94. The van der Waals surface area contributed by atoms with Crippen LogP contribution in [0.4, 0.5) is 0 Å². The zero-order valence-electron chi connectivity index (χ0n) is 12.4. The van der Waals surface area contributed by atoms with Crippen LogP contribution in [0.25, 0.3) is 0 Å². The fourth-order valence-electron chi connectivity index (χ4n) is 3.25. The highest BCUT2D eigenvalue weighted by molar-refractivity contribution is 5.96. The van der Waals surface area contributed by atoms with Crippen molar-refractivity contribution in [2.75, 3.05) is 0 Å². The van der Waals surface area contributed by atoms with E-state index in [-0.39, 0.29) is 0 Å². The van der Waals surface area contributed by atoms with E-state index in [0.717, 1.165) is 37.2 Å². The first-order valence-electron chi connectivity index (χ1n) is 7.89. The number of Topliss-reactive ketones (excluding diaryl/α,β-unsaturated/α-hetero) is 1. The van der Waals surface area contributed by atoms with Crippen LogP contribution in [-0.2, 0) is 12.8 Å². The van der Waals surface area contributed by atoms with Crippen molar-refractivity contribution in [3.8, 4) is 0 Å². The topological polar surface area (TPSA) is 17.1 Å². The Labute approximate surface area is 117 Å². The SMILES string of the molecule is CCc1ccc(C(=O)CCC2CCCC2)cc1CC. The van der Waals surface area contributed by atoms with Crippen molar-refractivity contribution in [3.63, 3.8) is 0 Å². The van der Waals surface area contributed by atoms with Gasteiger partial charge in [0.25, 0.3) is 0 Å². The van der Waals surface area contributed by atoms with Gasteiger partial charge in [0.1, 0.15) is 0 Å². The quantitative estimate of drug-likeness (QED) is 0.659. The zero-order chi connectivity index (χ0) is 13.7.